The molecule has 2 saturated carbocycles. The first-order chi connectivity index (χ1) is 21.0. The van der Waals surface area contributed by atoms with Gasteiger partial charge in [0.25, 0.3) is 5.91 Å². The third kappa shape index (κ3) is 8.05. The van der Waals surface area contributed by atoms with Crippen LogP contribution >= 0.6 is 0 Å². The first kappa shape index (κ1) is 37.8. The maximum Gasteiger partial charge on any atom is 0.315 e. The molecule has 0 aromatic heterocycles. The smallest absolute Gasteiger partial charge is 0.315 e. The fraction of sp³-hybridized carbons (Fsp3) is 0.848. The van der Waals surface area contributed by atoms with Gasteiger partial charge in [-0.15, -0.1) is 0 Å². The van der Waals surface area contributed by atoms with E-state index in [1.165, 1.54) is 4.90 Å². The minimum absolute atomic E-state index is 0.0516. The fourth-order valence-electron chi connectivity index (χ4n) is 7.26. The molecule has 5 N–H and O–H groups in total. The van der Waals surface area contributed by atoms with Gasteiger partial charge in [0.15, 0.2) is 9.84 Å². The topological polar surface area (TPSA) is 185 Å². The second kappa shape index (κ2) is 13.4. The van der Waals surface area contributed by atoms with E-state index in [1.54, 1.807) is 20.8 Å². The number of sulfone groups is 1. The summed E-state index contributed by atoms with van der Waals surface area (Å²) in [6, 6.07) is -3.64. The second-order valence-electron chi connectivity index (χ2n) is 16.4. The zero-order valence-corrected chi connectivity index (χ0v) is 30.1. The first-order valence-electron chi connectivity index (χ1n) is 16.7. The highest BCUT2D eigenvalue weighted by Gasteiger charge is 2.70. The van der Waals surface area contributed by atoms with Gasteiger partial charge in [-0.05, 0) is 62.7 Å². The summed E-state index contributed by atoms with van der Waals surface area (Å²) in [5.41, 5.74) is 3.34. The Balaban J connectivity index is 1.86. The summed E-state index contributed by atoms with van der Waals surface area (Å²) < 4.78 is 25.5. The van der Waals surface area contributed by atoms with E-state index in [9.17, 15) is 32.4 Å². The largest absolute Gasteiger partial charge is 0.363 e. The van der Waals surface area contributed by atoms with Gasteiger partial charge in [0.05, 0.1) is 22.1 Å². The van der Waals surface area contributed by atoms with Gasteiger partial charge in [0.2, 0.25) is 17.6 Å². The Morgan fingerprint density at radius 2 is 1.54 bits per heavy atom. The second-order valence-corrected chi connectivity index (χ2v) is 19.2. The number of nitrogens with one attached hydrogen (secondary N) is 3. The average molecular weight is 668 g/mol. The van der Waals surface area contributed by atoms with Crippen LogP contribution in [0.1, 0.15) is 114 Å². The van der Waals surface area contributed by atoms with Crippen molar-refractivity contribution in [2.24, 2.45) is 28.4 Å². The molecule has 1 heterocycles. The van der Waals surface area contributed by atoms with E-state index >= 15 is 0 Å². The number of nitrogens with zero attached hydrogens (tertiary/aromatic N) is 1. The number of ketones is 1. The number of nitrogens with two attached hydrogens (primary N) is 1. The van der Waals surface area contributed by atoms with Crippen molar-refractivity contribution in [1.82, 2.24) is 20.9 Å². The van der Waals surface area contributed by atoms with E-state index in [0.717, 1.165) is 25.7 Å². The minimum Gasteiger partial charge on any atom is -0.363 e. The van der Waals surface area contributed by atoms with Crippen molar-refractivity contribution in [3.05, 3.63) is 0 Å². The summed E-state index contributed by atoms with van der Waals surface area (Å²) in [6.07, 6.45) is 5.13. The number of fused-ring (bicyclic) bond motifs is 1. The third-order valence-corrected chi connectivity index (χ3v) is 13.3. The molecular weight excluding hydrogens is 610 g/mol. The van der Waals surface area contributed by atoms with Crippen LogP contribution in [0.4, 0.5) is 4.79 Å². The molecule has 262 valence electrons. The molecule has 1 aliphatic heterocycles. The van der Waals surface area contributed by atoms with E-state index in [4.69, 9.17) is 5.73 Å². The maximum absolute atomic E-state index is 14.3. The van der Waals surface area contributed by atoms with Crippen LogP contribution in [-0.4, -0.2) is 83.6 Å². The van der Waals surface area contributed by atoms with E-state index in [2.05, 4.69) is 16.0 Å². The van der Waals surface area contributed by atoms with Gasteiger partial charge in [0, 0.05) is 6.54 Å². The summed E-state index contributed by atoms with van der Waals surface area (Å²) in [7, 11) is -3.56. The zero-order chi connectivity index (χ0) is 35.0. The molecule has 3 rings (SSSR count). The summed E-state index contributed by atoms with van der Waals surface area (Å²) in [5, 5.41) is 8.57. The normalized spacial score (nSPS) is 25.1. The molecule has 12 nitrogen and oxygen atoms in total. The van der Waals surface area contributed by atoms with Crippen molar-refractivity contribution in [3.8, 4) is 0 Å². The minimum atomic E-state index is -3.56. The van der Waals surface area contributed by atoms with Crippen LogP contribution in [0, 0.1) is 22.7 Å². The van der Waals surface area contributed by atoms with Gasteiger partial charge >= 0.3 is 6.03 Å². The molecule has 1 unspecified atom stereocenters. The fourth-order valence-corrected chi connectivity index (χ4v) is 8.78. The molecule has 13 heteroatoms. The molecule has 2 aliphatic carbocycles. The van der Waals surface area contributed by atoms with E-state index < -0.39 is 73.2 Å². The Morgan fingerprint density at radius 3 is 2.04 bits per heavy atom. The summed E-state index contributed by atoms with van der Waals surface area (Å²) in [4.78, 5) is 67.6. The molecule has 0 aromatic rings. The van der Waals surface area contributed by atoms with Crippen molar-refractivity contribution < 1.29 is 32.4 Å². The molecule has 0 aromatic carbocycles. The van der Waals surface area contributed by atoms with Crippen LogP contribution in [0.3, 0.4) is 0 Å². The van der Waals surface area contributed by atoms with Crippen LogP contribution in [0.25, 0.3) is 0 Å². The van der Waals surface area contributed by atoms with Gasteiger partial charge in [-0.25, -0.2) is 13.2 Å². The van der Waals surface area contributed by atoms with Crippen molar-refractivity contribution in [2.45, 2.75) is 142 Å². The average Bonchev–Trinajstić information content (AvgIpc) is 3.24. The number of likely N-dealkylation sites (tertiary alicyclic amines) is 1. The predicted octanol–water partition coefficient (Wildman–Crippen LogP) is 2.83. The highest BCUT2D eigenvalue weighted by molar-refractivity contribution is 7.92. The highest BCUT2D eigenvalue weighted by Crippen LogP contribution is 2.65. The van der Waals surface area contributed by atoms with Gasteiger partial charge in [-0.3, -0.25) is 19.2 Å². The predicted molar refractivity (Wildman–Crippen MR) is 176 cm³/mol. The number of hydrogen-bond donors (Lipinski definition) is 4. The van der Waals surface area contributed by atoms with Crippen LogP contribution < -0.4 is 21.7 Å². The van der Waals surface area contributed by atoms with Crippen LogP contribution in [0.5, 0.6) is 0 Å². The number of unbranched alkanes of at least 4 members (excludes halogenated alkanes) is 1. The molecule has 0 radical (unpaired) electrons. The Kier molecular flexibility index (Phi) is 11.0. The van der Waals surface area contributed by atoms with Gasteiger partial charge < -0.3 is 26.6 Å². The number of primary amides is 1. The molecule has 5 atom stereocenters. The zero-order valence-electron chi connectivity index (χ0n) is 29.2. The number of carbonyl (C=O) groups is 5. The first-order valence-corrected chi connectivity index (χ1v) is 18.4. The third-order valence-electron chi connectivity index (χ3n) is 10.5. The monoisotopic (exact) mass is 667 g/mol. The number of hydrogen-bond acceptors (Lipinski definition) is 7. The molecular formula is C33H57N5O7S. The maximum atomic E-state index is 14.3. The molecule has 3 aliphatic rings. The SMILES string of the molecule is CCCCC(NC(=O)[C@@H]1[C@@H]2[C@H](CN1C(=O)[C@@H](NC(=O)NC1(CS(=O)(=O)C(C)(C)C)CCCCC1)C(C)(C)C)C2(C)C)C(=O)C(N)=O. The summed E-state index contributed by atoms with van der Waals surface area (Å²) in [5.74, 6) is -3.25. The molecule has 0 bridgehead atoms. The number of amides is 5. The van der Waals surface area contributed by atoms with Gasteiger partial charge in [0.1, 0.15) is 12.1 Å². The van der Waals surface area contributed by atoms with E-state index in [1.807, 2.05) is 41.5 Å². The van der Waals surface area contributed by atoms with Crippen molar-refractivity contribution >= 4 is 39.4 Å². The van der Waals surface area contributed by atoms with Crippen molar-refractivity contribution in [1.29, 1.82) is 0 Å². The van der Waals surface area contributed by atoms with Crippen molar-refractivity contribution in [3.63, 3.8) is 0 Å². The molecule has 3 fully saturated rings. The van der Waals surface area contributed by atoms with Crippen LogP contribution in [0.15, 0.2) is 0 Å². The van der Waals surface area contributed by atoms with E-state index in [-0.39, 0.29) is 29.4 Å². The number of rotatable bonds is 12. The Bertz CT molecular complexity index is 1310. The van der Waals surface area contributed by atoms with Crippen LogP contribution in [-0.2, 0) is 29.0 Å². The molecule has 46 heavy (non-hydrogen) atoms. The lowest BCUT2D eigenvalue weighted by atomic mass is 9.83. The highest BCUT2D eigenvalue weighted by atomic mass is 32.2. The summed E-state index contributed by atoms with van der Waals surface area (Å²) >= 11 is 0. The Hall–Kier alpha value is -2.70. The quantitative estimate of drug-likeness (QED) is 0.231. The number of piperidine rings is 1. The Labute approximate surface area is 275 Å². The number of Topliss-reactive ketones (excluding diaryl/α,β-unsaturated/α-hetero) is 1. The molecule has 1 saturated heterocycles. The molecule has 0 spiro atoms. The molecule has 5 amide bonds. The lowest BCUT2D eigenvalue weighted by molar-refractivity contribution is -0.145. The number of urea groups is 1. The van der Waals surface area contributed by atoms with Crippen LogP contribution in [0.2, 0.25) is 0 Å². The standard InChI is InChI=1S/C33H57N5O7S/c1-10-11-15-21(24(39)26(34)40)35-27(41)23-22-20(32(22,8)9)18-38(23)28(42)25(30(2,3)4)36-29(43)37-33(16-13-12-14-17-33)19-46(44,45)31(5,6)7/h20-23,25H,10-19H2,1-9H3,(H2,34,40)(H,35,41)(H2,36,37,43)/t20-,21?,22-,23-,25+/m0/s1. The number of carbonyl (C=O) groups excluding carboxylic acids is 5. The lowest BCUT2D eigenvalue weighted by Crippen LogP contribution is -2.64. The lowest BCUT2D eigenvalue weighted by Gasteiger charge is -2.41. The summed E-state index contributed by atoms with van der Waals surface area (Å²) in [6.45, 7) is 16.7. The van der Waals surface area contributed by atoms with Gasteiger partial charge in [-0.2, -0.15) is 0 Å². The van der Waals surface area contributed by atoms with E-state index in [0.29, 0.717) is 25.8 Å². The van der Waals surface area contributed by atoms with Gasteiger partial charge in [-0.1, -0.05) is 73.6 Å². The van der Waals surface area contributed by atoms with Crippen molar-refractivity contribution in [2.75, 3.05) is 12.3 Å². The Morgan fingerprint density at radius 1 is 0.957 bits per heavy atom.